The Hall–Kier alpha value is -1.41. The summed E-state index contributed by atoms with van der Waals surface area (Å²) in [6.45, 7) is 3.06. The largest absolute Gasteiger partial charge is 0.373 e. The summed E-state index contributed by atoms with van der Waals surface area (Å²) in [5.74, 6) is 0.844. The summed E-state index contributed by atoms with van der Waals surface area (Å²) >= 11 is 0. The molecule has 1 rings (SSSR count). The van der Waals surface area contributed by atoms with Crippen molar-refractivity contribution < 1.29 is 9.26 Å². The van der Waals surface area contributed by atoms with Crippen molar-refractivity contribution >= 4 is 0 Å². The molecule has 1 aromatic rings. The van der Waals surface area contributed by atoms with Gasteiger partial charge < -0.3 is 9.26 Å². The third kappa shape index (κ3) is 3.22. The summed E-state index contributed by atoms with van der Waals surface area (Å²) in [6, 6.07) is 1.93. The van der Waals surface area contributed by atoms with E-state index in [1.807, 2.05) is 13.0 Å². The second-order valence-corrected chi connectivity index (χ2v) is 2.49. The molecule has 0 amide bonds. The van der Waals surface area contributed by atoms with Crippen LogP contribution < -0.4 is 0 Å². The molecule has 0 atom stereocenters. The Labute approximate surface area is 76.3 Å². The van der Waals surface area contributed by atoms with E-state index in [1.165, 1.54) is 0 Å². The lowest BCUT2D eigenvalue weighted by molar-refractivity contribution is 0.114. The van der Waals surface area contributed by atoms with Gasteiger partial charge in [-0.3, -0.25) is 0 Å². The maximum atomic E-state index is 8.33. The summed E-state index contributed by atoms with van der Waals surface area (Å²) in [7, 11) is 0. The summed E-state index contributed by atoms with van der Waals surface area (Å²) in [4.78, 5) is 3.95. The lowest BCUT2D eigenvalue weighted by Crippen LogP contribution is -1.96. The molecule has 0 saturated carbocycles. The molecule has 70 valence electrons. The van der Waals surface area contributed by atoms with Crippen LogP contribution in [0.5, 0.6) is 0 Å². The Morgan fingerprint density at radius 2 is 2.46 bits per heavy atom. The number of nitrogens with zero attached hydrogens (tertiary/aromatic N) is 3. The van der Waals surface area contributed by atoms with Crippen molar-refractivity contribution in [1.29, 1.82) is 5.26 Å². The van der Waals surface area contributed by atoms with Gasteiger partial charge in [-0.1, -0.05) is 12.1 Å². The molecule has 1 heterocycles. The van der Waals surface area contributed by atoms with E-state index in [2.05, 4.69) is 10.1 Å². The van der Waals surface area contributed by atoms with Crippen LogP contribution in [0.25, 0.3) is 0 Å². The lowest BCUT2D eigenvalue weighted by atomic mass is 10.5. The Morgan fingerprint density at radius 1 is 1.62 bits per heavy atom. The van der Waals surface area contributed by atoms with Crippen LogP contribution in [0, 0.1) is 11.3 Å². The molecule has 1 aromatic heterocycles. The van der Waals surface area contributed by atoms with Crippen molar-refractivity contribution in [3.63, 3.8) is 0 Å². The maximum absolute atomic E-state index is 8.33. The van der Waals surface area contributed by atoms with Gasteiger partial charge in [0, 0.05) is 6.61 Å². The summed E-state index contributed by atoms with van der Waals surface area (Å²) in [5, 5.41) is 12.0. The third-order valence-electron chi connectivity index (χ3n) is 1.32. The Kier molecular flexibility index (Phi) is 3.93. The molecule has 0 N–H and O–H groups in total. The van der Waals surface area contributed by atoms with E-state index in [1.54, 1.807) is 0 Å². The SMILES string of the molecule is CCCOCc1noc(CC#N)n1. The first kappa shape index (κ1) is 9.68. The van der Waals surface area contributed by atoms with Gasteiger partial charge in [-0.2, -0.15) is 10.2 Å². The number of hydrogen-bond donors (Lipinski definition) is 0. The number of ether oxygens (including phenoxy) is 1. The topological polar surface area (TPSA) is 71.9 Å². The molecule has 5 nitrogen and oxygen atoms in total. The van der Waals surface area contributed by atoms with Crippen LogP contribution >= 0.6 is 0 Å². The maximum Gasteiger partial charge on any atom is 0.240 e. The molecular weight excluding hydrogens is 170 g/mol. The zero-order chi connectivity index (χ0) is 9.52. The fourth-order valence-corrected chi connectivity index (χ4v) is 0.796. The Morgan fingerprint density at radius 3 is 3.15 bits per heavy atom. The molecule has 0 aliphatic carbocycles. The highest BCUT2D eigenvalue weighted by atomic mass is 16.5. The van der Waals surface area contributed by atoms with Gasteiger partial charge in [-0.15, -0.1) is 0 Å². The van der Waals surface area contributed by atoms with E-state index >= 15 is 0 Å². The summed E-state index contributed by atoms with van der Waals surface area (Å²) in [5.41, 5.74) is 0. The quantitative estimate of drug-likeness (QED) is 0.635. The van der Waals surface area contributed by atoms with E-state index in [4.69, 9.17) is 14.5 Å². The highest BCUT2D eigenvalue weighted by Gasteiger charge is 2.04. The van der Waals surface area contributed by atoms with Crippen molar-refractivity contribution in [2.45, 2.75) is 26.4 Å². The van der Waals surface area contributed by atoms with Gasteiger partial charge in [0.1, 0.15) is 13.0 Å². The van der Waals surface area contributed by atoms with E-state index in [0.717, 1.165) is 6.42 Å². The molecule has 0 bridgehead atoms. The second kappa shape index (κ2) is 5.27. The van der Waals surface area contributed by atoms with Crippen LogP contribution in [-0.2, 0) is 17.8 Å². The third-order valence-corrected chi connectivity index (χ3v) is 1.32. The minimum atomic E-state index is 0.154. The zero-order valence-electron chi connectivity index (χ0n) is 7.49. The van der Waals surface area contributed by atoms with Crippen molar-refractivity contribution in [3.05, 3.63) is 11.7 Å². The number of nitriles is 1. The first-order valence-electron chi connectivity index (χ1n) is 4.13. The molecule has 0 spiro atoms. The van der Waals surface area contributed by atoms with Crippen molar-refractivity contribution in [3.8, 4) is 6.07 Å². The van der Waals surface area contributed by atoms with Gasteiger partial charge in [-0.05, 0) is 6.42 Å². The zero-order valence-corrected chi connectivity index (χ0v) is 7.49. The van der Waals surface area contributed by atoms with Gasteiger partial charge in [0.25, 0.3) is 0 Å². The molecular formula is C8H11N3O2. The normalized spacial score (nSPS) is 9.85. The van der Waals surface area contributed by atoms with Gasteiger partial charge in [0.2, 0.25) is 5.89 Å². The fraction of sp³-hybridized carbons (Fsp3) is 0.625. The predicted octanol–water partition coefficient (Wildman–Crippen LogP) is 1.06. The first-order valence-corrected chi connectivity index (χ1v) is 4.13. The standard InChI is InChI=1S/C8H11N3O2/c1-2-5-12-6-7-10-8(3-4-9)13-11-7/h2-3,5-6H2,1H3. The van der Waals surface area contributed by atoms with Gasteiger partial charge in [0.15, 0.2) is 5.82 Å². The predicted molar refractivity (Wildman–Crippen MR) is 43.6 cm³/mol. The van der Waals surface area contributed by atoms with Crippen LogP contribution in [0.2, 0.25) is 0 Å². The van der Waals surface area contributed by atoms with Crippen LogP contribution in [0.1, 0.15) is 25.1 Å². The van der Waals surface area contributed by atoms with Crippen LogP contribution in [0.4, 0.5) is 0 Å². The molecule has 0 aliphatic heterocycles. The average molecular weight is 181 g/mol. The molecule has 0 saturated heterocycles. The molecule has 5 heteroatoms. The Balaban J connectivity index is 2.36. The second-order valence-electron chi connectivity index (χ2n) is 2.49. The van der Waals surface area contributed by atoms with Gasteiger partial charge in [0.05, 0.1) is 6.07 Å². The van der Waals surface area contributed by atoms with E-state index < -0.39 is 0 Å². The smallest absolute Gasteiger partial charge is 0.240 e. The fourth-order valence-electron chi connectivity index (χ4n) is 0.796. The van der Waals surface area contributed by atoms with Crippen molar-refractivity contribution in [2.75, 3.05) is 6.61 Å². The molecule has 0 fully saturated rings. The first-order chi connectivity index (χ1) is 6.36. The molecule has 13 heavy (non-hydrogen) atoms. The molecule has 0 aromatic carbocycles. The summed E-state index contributed by atoms with van der Waals surface area (Å²) < 4.78 is 9.96. The highest BCUT2D eigenvalue weighted by Crippen LogP contribution is 1.99. The number of rotatable bonds is 5. The number of aromatic nitrogens is 2. The van der Waals surface area contributed by atoms with E-state index in [0.29, 0.717) is 24.9 Å². The van der Waals surface area contributed by atoms with E-state index in [9.17, 15) is 0 Å². The number of hydrogen-bond acceptors (Lipinski definition) is 5. The minimum Gasteiger partial charge on any atom is -0.373 e. The van der Waals surface area contributed by atoms with Gasteiger partial charge >= 0.3 is 0 Å². The summed E-state index contributed by atoms with van der Waals surface area (Å²) in [6.07, 6.45) is 1.11. The van der Waals surface area contributed by atoms with Crippen molar-refractivity contribution in [2.24, 2.45) is 0 Å². The van der Waals surface area contributed by atoms with E-state index in [-0.39, 0.29) is 6.42 Å². The van der Waals surface area contributed by atoms with Gasteiger partial charge in [-0.25, -0.2) is 0 Å². The molecule has 0 radical (unpaired) electrons. The molecule has 0 aliphatic rings. The van der Waals surface area contributed by atoms with Crippen LogP contribution in [0.15, 0.2) is 4.52 Å². The van der Waals surface area contributed by atoms with Crippen molar-refractivity contribution in [1.82, 2.24) is 10.1 Å². The van der Waals surface area contributed by atoms with Crippen LogP contribution in [0.3, 0.4) is 0 Å². The average Bonchev–Trinajstić information content (AvgIpc) is 2.54. The monoisotopic (exact) mass is 181 g/mol. The van der Waals surface area contributed by atoms with Crippen LogP contribution in [-0.4, -0.2) is 16.7 Å². The molecule has 0 unspecified atom stereocenters. The highest BCUT2D eigenvalue weighted by molar-refractivity contribution is 4.92. The minimum absolute atomic E-state index is 0.154. The lowest BCUT2D eigenvalue weighted by Gasteiger charge is -1.95. The Bertz CT molecular complexity index is 290.